The molecule has 0 aromatic heterocycles. The summed E-state index contributed by atoms with van der Waals surface area (Å²) in [5, 5.41) is 30.4. The van der Waals surface area contributed by atoms with Crippen molar-refractivity contribution in [3.63, 3.8) is 0 Å². The minimum Gasteiger partial charge on any atom is -0.412 e. The lowest BCUT2D eigenvalue weighted by molar-refractivity contribution is 0.0862. The highest BCUT2D eigenvalue weighted by Gasteiger charge is 2.50. The average molecular weight is 431 g/mol. The lowest BCUT2D eigenvalue weighted by Gasteiger charge is -2.44. The van der Waals surface area contributed by atoms with Crippen molar-refractivity contribution in [3.05, 3.63) is 47.6 Å². The Kier molecular flexibility index (Phi) is 7.68. The minimum atomic E-state index is -0.621. The molecule has 0 aromatic rings. The van der Waals surface area contributed by atoms with Crippen LogP contribution in [0.25, 0.3) is 0 Å². The van der Waals surface area contributed by atoms with Crippen LogP contribution >= 0.6 is 0 Å². The summed E-state index contributed by atoms with van der Waals surface area (Å²) < 4.78 is 0. The lowest BCUT2D eigenvalue weighted by Crippen LogP contribution is -2.35. The van der Waals surface area contributed by atoms with Crippen LogP contribution in [0.5, 0.6) is 0 Å². The third kappa shape index (κ3) is 5.08. The van der Waals surface area contributed by atoms with Gasteiger partial charge in [0.25, 0.3) is 0 Å². The molecule has 4 rings (SSSR count). The van der Waals surface area contributed by atoms with Crippen LogP contribution in [0.1, 0.15) is 71.6 Å². The van der Waals surface area contributed by atoms with Crippen LogP contribution < -0.4 is 0 Å². The predicted octanol–water partition coefficient (Wildman–Crippen LogP) is 4.27. The van der Waals surface area contributed by atoms with Gasteiger partial charge in [-0.25, -0.2) is 0 Å². The number of aliphatic hydroxyl groups is 3. The molecule has 4 aliphatic rings. The molecule has 0 unspecified atom stereocenters. The van der Waals surface area contributed by atoms with Gasteiger partial charge in [-0.3, -0.25) is 0 Å². The van der Waals surface area contributed by atoms with Gasteiger partial charge < -0.3 is 20.8 Å². The van der Waals surface area contributed by atoms with Crippen LogP contribution in [0, 0.1) is 29.1 Å². The standard InChI is InChI=1S/C27H40O3.H2O/c1-17(6-13-25(29)20-8-9-20)23-11-12-24-19(5-4-14-27(23,24)3)7-10-21-15-22(28)16-26(30)18(21)2;/h6-7,10,13,17,20,22-26,28-30H,2,4-5,8-9,11-12,14-16H2,1,3H3;1H2/b13-6+,19-7+,21-10+;/t17-,22-,23-,24+,25+,26+,27-;/m1./s1. The van der Waals surface area contributed by atoms with Crippen molar-refractivity contribution < 1.29 is 20.8 Å². The van der Waals surface area contributed by atoms with Crippen molar-refractivity contribution in [1.82, 2.24) is 0 Å². The Balaban J connectivity index is 0.00000272. The topological polar surface area (TPSA) is 92.2 Å². The Morgan fingerprint density at radius 1 is 1.10 bits per heavy atom. The van der Waals surface area contributed by atoms with E-state index in [1.165, 1.54) is 44.1 Å². The average Bonchev–Trinajstić information content (AvgIpc) is 3.49. The Morgan fingerprint density at radius 3 is 2.55 bits per heavy atom. The van der Waals surface area contributed by atoms with Gasteiger partial charge in [0.05, 0.1) is 18.3 Å². The minimum absolute atomic E-state index is 0. The van der Waals surface area contributed by atoms with E-state index in [4.69, 9.17) is 0 Å². The molecule has 4 nitrogen and oxygen atoms in total. The van der Waals surface area contributed by atoms with Crippen molar-refractivity contribution in [3.8, 4) is 0 Å². The Hall–Kier alpha value is -1.20. The number of hydrogen-bond donors (Lipinski definition) is 3. The highest BCUT2D eigenvalue weighted by Crippen LogP contribution is 2.59. The number of allylic oxidation sites excluding steroid dienone is 4. The van der Waals surface area contributed by atoms with Crippen LogP contribution in [-0.2, 0) is 0 Å². The maximum Gasteiger partial charge on any atom is 0.0811 e. The van der Waals surface area contributed by atoms with Crippen molar-refractivity contribution >= 4 is 0 Å². The lowest BCUT2D eigenvalue weighted by atomic mass is 9.61. The van der Waals surface area contributed by atoms with Gasteiger partial charge in [-0.15, -0.1) is 0 Å². The summed E-state index contributed by atoms with van der Waals surface area (Å²) in [4.78, 5) is 0. The summed E-state index contributed by atoms with van der Waals surface area (Å²) in [5.41, 5.74) is 3.63. The van der Waals surface area contributed by atoms with Crippen molar-refractivity contribution in [2.75, 3.05) is 0 Å². The molecule has 0 aliphatic heterocycles. The summed E-state index contributed by atoms with van der Waals surface area (Å²) in [6.45, 7) is 8.88. The second-order valence-corrected chi connectivity index (χ2v) is 10.7. The molecular weight excluding hydrogens is 388 g/mol. The first-order chi connectivity index (χ1) is 14.3. The highest BCUT2D eigenvalue weighted by molar-refractivity contribution is 5.38. The normalized spacial score (nSPS) is 40.7. The van der Waals surface area contributed by atoms with Gasteiger partial charge >= 0.3 is 0 Å². The Bertz CT molecular complexity index is 746. The largest absolute Gasteiger partial charge is 0.412 e. The van der Waals surface area contributed by atoms with Gasteiger partial charge in [-0.2, -0.15) is 0 Å². The van der Waals surface area contributed by atoms with E-state index in [1.54, 1.807) is 0 Å². The van der Waals surface area contributed by atoms with Gasteiger partial charge in [0, 0.05) is 6.42 Å². The van der Waals surface area contributed by atoms with E-state index in [-0.39, 0.29) is 11.6 Å². The Morgan fingerprint density at radius 2 is 1.84 bits per heavy atom. The molecule has 0 aromatic carbocycles. The molecule has 4 fully saturated rings. The molecule has 0 saturated heterocycles. The fraction of sp³-hybridized carbons (Fsp3) is 0.704. The first-order valence-corrected chi connectivity index (χ1v) is 12.1. The van der Waals surface area contributed by atoms with Gasteiger partial charge in [0.1, 0.15) is 0 Å². The molecule has 0 radical (unpaired) electrons. The summed E-state index contributed by atoms with van der Waals surface area (Å²) >= 11 is 0. The molecule has 31 heavy (non-hydrogen) atoms. The molecule has 174 valence electrons. The number of hydrogen-bond acceptors (Lipinski definition) is 3. The van der Waals surface area contributed by atoms with Crippen LogP contribution in [0.15, 0.2) is 47.6 Å². The summed E-state index contributed by atoms with van der Waals surface area (Å²) in [6.07, 6.45) is 16.9. The molecule has 4 saturated carbocycles. The van der Waals surface area contributed by atoms with Crippen LogP contribution in [0.4, 0.5) is 0 Å². The van der Waals surface area contributed by atoms with Gasteiger partial charge in [-0.05, 0) is 91.6 Å². The van der Waals surface area contributed by atoms with Gasteiger partial charge in [0.15, 0.2) is 0 Å². The summed E-state index contributed by atoms with van der Waals surface area (Å²) in [7, 11) is 0. The van der Waals surface area contributed by atoms with Crippen LogP contribution in [0.2, 0.25) is 0 Å². The fourth-order valence-corrected chi connectivity index (χ4v) is 6.63. The quantitative estimate of drug-likeness (QED) is 0.569. The maximum absolute atomic E-state index is 10.2. The van der Waals surface area contributed by atoms with Gasteiger partial charge in [0.2, 0.25) is 0 Å². The summed E-state index contributed by atoms with van der Waals surface area (Å²) in [5.74, 6) is 2.28. The second kappa shape index (κ2) is 9.74. The maximum atomic E-state index is 10.2. The third-order valence-electron chi connectivity index (χ3n) is 8.65. The van der Waals surface area contributed by atoms with E-state index in [0.717, 1.165) is 17.6 Å². The third-order valence-corrected chi connectivity index (χ3v) is 8.65. The molecular formula is C27H42O4. The molecule has 0 amide bonds. The number of fused-ring (bicyclic) bond motifs is 1. The Labute approximate surface area is 187 Å². The molecule has 5 N–H and O–H groups in total. The van der Waals surface area contributed by atoms with E-state index < -0.39 is 12.2 Å². The van der Waals surface area contributed by atoms with Crippen LogP contribution in [0.3, 0.4) is 0 Å². The van der Waals surface area contributed by atoms with Crippen molar-refractivity contribution in [2.45, 2.75) is 89.9 Å². The van der Waals surface area contributed by atoms with Crippen molar-refractivity contribution in [1.29, 1.82) is 0 Å². The molecule has 0 bridgehead atoms. The second-order valence-electron chi connectivity index (χ2n) is 10.7. The fourth-order valence-electron chi connectivity index (χ4n) is 6.63. The van der Waals surface area contributed by atoms with E-state index in [1.807, 2.05) is 0 Å². The number of aliphatic hydroxyl groups excluding tert-OH is 3. The van der Waals surface area contributed by atoms with Gasteiger partial charge in [-0.1, -0.05) is 50.3 Å². The monoisotopic (exact) mass is 430 g/mol. The van der Waals surface area contributed by atoms with E-state index in [0.29, 0.717) is 41.9 Å². The molecule has 0 spiro atoms. The van der Waals surface area contributed by atoms with E-state index in [9.17, 15) is 15.3 Å². The first-order valence-electron chi connectivity index (χ1n) is 12.1. The molecule has 7 atom stereocenters. The predicted molar refractivity (Wildman–Crippen MR) is 125 cm³/mol. The summed E-state index contributed by atoms with van der Waals surface area (Å²) in [6, 6.07) is 0. The van der Waals surface area contributed by atoms with Crippen LogP contribution in [-0.4, -0.2) is 39.1 Å². The molecule has 4 heteroatoms. The highest BCUT2D eigenvalue weighted by atomic mass is 16.3. The SMILES string of the molecule is C=C1/C(=C/C=C2\CCC[C@]3(C)[C@@H]([C@H](C)/C=C/[C@H](O)C4CC4)CC[C@@H]23)C[C@@H](O)C[C@@H]1O.O. The zero-order chi connectivity index (χ0) is 21.5. The number of rotatable bonds is 5. The van der Waals surface area contributed by atoms with E-state index in [2.05, 4.69) is 44.7 Å². The van der Waals surface area contributed by atoms with Crippen molar-refractivity contribution in [2.24, 2.45) is 29.1 Å². The molecule has 4 aliphatic carbocycles. The van der Waals surface area contributed by atoms with E-state index >= 15 is 0 Å². The first kappa shape index (κ1) is 24.4. The zero-order valence-corrected chi connectivity index (χ0v) is 19.3. The molecule has 0 heterocycles. The zero-order valence-electron chi connectivity index (χ0n) is 19.3. The smallest absolute Gasteiger partial charge is 0.0811 e.